The summed E-state index contributed by atoms with van der Waals surface area (Å²) in [4.78, 5) is 18.5. The van der Waals surface area contributed by atoms with Crippen LogP contribution in [0.5, 0.6) is 0 Å². The molecule has 142 valence electrons. The summed E-state index contributed by atoms with van der Waals surface area (Å²) in [5.41, 5.74) is 1.24. The third-order valence-electron chi connectivity index (χ3n) is 3.93. The second kappa shape index (κ2) is 9.40. The number of oxazole rings is 1. The van der Waals surface area contributed by atoms with Crippen LogP contribution in [0.25, 0.3) is 0 Å². The van der Waals surface area contributed by atoms with Crippen molar-refractivity contribution in [2.45, 2.75) is 46.8 Å². The fourth-order valence-electron chi connectivity index (χ4n) is 2.36. The number of carbonyl (C=O) groups is 1. The van der Waals surface area contributed by atoms with E-state index in [0.29, 0.717) is 47.2 Å². The van der Waals surface area contributed by atoms with Crippen molar-refractivity contribution in [3.63, 3.8) is 0 Å². The van der Waals surface area contributed by atoms with Crippen molar-refractivity contribution >= 4 is 29.1 Å². The average molecular weight is 398 g/mol. The second-order valence-electron chi connectivity index (χ2n) is 6.94. The number of aromatic nitrogens is 1. The molecule has 0 aliphatic carbocycles. The third-order valence-corrected chi connectivity index (χ3v) is 4.79. The van der Waals surface area contributed by atoms with Gasteiger partial charge in [0.15, 0.2) is 5.69 Å². The predicted molar refractivity (Wildman–Crippen MR) is 105 cm³/mol. The maximum absolute atomic E-state index is 12.1. The van der Waals surface area contributed by atoms with Crippen LogP contribution in [0.1, 0.15) is 49.6 Å². The Kier molecular flexibility index (Phi) is 7.50. The zero-order chi connectivity index (χ0) is 19.3. The zero-order valence-electron chi connectivity index (χ0n) is 15.6. The standard InChI is InChI=1S/C19H25Cl2N3O2/c1-12(2)8-22-19(25)16-11-26-17(23-16)10-24(13(3)4)9-14-6-5-7-15(20)18(14)21/h5-7,11-13H,8-10H2,1-4H3,(H,22,25). The highest BCUT2D eigenvalue weighted by molar-refractivity contribution is 6.42. The first-order valence-corrected chi connectivity index (χ1v) is 9.43. The molecule has 1 heterocycles. The lowest BCUT2D eigenvalue weighted by atomic mass is 10.2. The van der Waals surface area contributed by atoms with E-state index in [9.17, 15) is 4.79 Å². The van der Waals surface area contributed by atoms with Gasteiger partial charge >= 0.3 is 0 Å². The van der Waals surface area contributed by atoms with E-state index in [1.54, 1.807) is 6.07 Å². The molecule has 0 atom stereocenters. The van der Waals surface area contributed by atoms with Crippen molar-refractivity contribution in [3.8, 4) is 0 Å². The van der Waals surface area contributed by atoms with Crippen LogP contribution < -0.4 is 5.32 Å². The lowest BCUT2D eigenvalue weighted by molar-refractivity contribution is 0.0944. The quantitative estimate of drug-likeness (QED) is 0.696. The smallest absolute Gasteiger partial charge is 0.273 e. The molecule has 1 aromatic heterocycles. The lowest BCUT2D eigenvalue weighted by Crippen LogP contribution is -2.30. The van der Waals surface area contributed by atoms with Gasteiger partial charge in [-0.25, -0.2) is 4.98 Å². The summed E-state index contributed by atoms with van der Waals surface area (Å²) in [6.07, 6.45) is 1.40. The molecule has 0 aliphatic rings. The van der Waals surface area contributed by atoms with Crippen LogP contribution in [-0.4, -0.2) is 28.4 Å². The lowest BCUT2D eigenvalue weighted by Gasteiger charge is -2.25. The van der Waals surface area contributed by atoms with Crippen LogP contribution in [-0.2, 0) is 13.1 Å². The van der Waals surface area contributed by atoms with E-state index in [-0.39, 0.29) is 11.9 Å². The average Bonchev–Trinajstić information content (AvgIpc) is 3.04. The zero-order valence-corrected chi connectivity index (χ0v) is 17.1. The number of nitrogens with one attached hydrogen (secondary N) is 1. The fourth-order valence-corrected chi connectivity index (χ4v) is 2.74. The Balaban J connectivity index is 2.06. The molecule has 0 fully saturated rings. The molecule has 0 saturated heterocycles. The molecule has 0 aliphatic heterocycles. The van der Waals surface area contributed by atoms with Gasteiger partial charge in [-0.3, -0.25) is 9.69 Å². The van der Waals surface area contributed by atoms with Gasteiger partial charge in [0.2, 0.25) is 5.89 Å². The molecular formula is C19H25Cl2N3O2. The number of halogens is 2. The van der Waals surface area contributed by atoms with Crippen LogP contribution in [0.2, 0.25) is 10.0 Å². The van der Waals surface area contributed by atoms with Gasteiger partial charge < -0.3 is 9.73 Å². The monoisotopic (exact) mass is 397 g/mol. The molecule has 2 rings (SSSR count). The van der Waals surface area contributed by atoms with E-state index >= 15 is 0 Å². The molecule has 5 nitrogen and oxygen atoms in total. The first-order chi connectivity index (χ1) is 12.3. The van der Waals surface area contributed by atoms with Crippen molar-refractivity contribution in [2.75, 3.05) is 6.54 Å². The number of nitrogens with zero attached hydrogens (tertiary/aromatic N) is 2. The number of hydrogen-bond donors (Lipinski definition) is 1. The van der Waals surface area contributed by atoms with Crippen LogP contribution in [0, 0.1) is 5.92 Å². The van der Waals surface area contributed by atoms with Crippen molar-refractivity contribution in [1.29, 1.82) is 0 Å². The number of amides is 1. The molecule has 0 unspecified atom stereocenters. The SMILES string of the molecule is CC(C)CNC(=O)c1coc(CN(Cc2cccc(Cl)c2Cl)C(C)C)n1. The maximum atomic E-state index is 12.1. The minimum atomic E-state index is -0.220. The van der Waals surface area contributed by atoms with E-state index in [4.69, 9.17) is 27.6 Å². The van der Waals surface area contributed by atoms with E-state index < -0.39 is 0 Å². The molecule has 1 aromatic carbocycles. The molecule has 0 saturated carbocycles. The van der Waals surface area contributed by atoms with Gasteiger partial charge in [0.1, 0.15) is 6.26 Å². The molecule has 0 spiro atoms. The summed E-state index contributed by atoms with van der Waals surface area (Å²) >= 11 is 12.4. The topological polar surface area (TPSA) is 58.4 Å². The van der Waals surface area contributed by atoms with Gasteiger partial charge in [-0.15, -0.1) is 0 Å². The van der Waals surface area contributed by atoms with E-state index in [2.05, 4.69) is 29.0 Å². The highest BCUT2D eigenvalue weighted by Gasteiger charge is 2.18. The highest BCUT2D eigenvalue weighted by atomic mass is 35.5. The van der Waals surface area contributed by atoms with Crippen molar-refractivity contribution in [2.24, 2.45) is 5.92 Å². The van der Waals surface area contributed by atoms with E-state index in [1.807, 2.05) is 26.0 Å². The van der Waals surface area contributed by atoms with Gasteiger partial charge in [-0.2, -0.15) is 0 Å². The molecular weight excluding hydrogens is 373 g/mol. The van der Waals surface area contributed by atoms with E-state index in [0.717, 1.165) is 5.56 Å². The minimum Gasteiger partial charge on any atom is -0.447 e. The van der Waals surface area contributed by atoms with Gasteiger partial charge in [-0.05, 0) is 31.4 Å². The molecule has 0 radical (unpaired) electrons. The molecule has 1 N–H and O–H groups in total. The number of carbonyl (C=O) groups excluding carboxylic acids is 1. The summed E-state index contributed by atoms with van der Waals surface area (Å²) < 4.78 is 5.49. The molecule has 7 heteroatoms. The van der Waals surface area contributed by atoms with Crippen molar-refractivity contribution in [1.82, 2.24) is 15.2 Å². The van der Waals surface area contributed by atoms with Crippen molar-refractivity contribution in [3.05, 3.63) is 51.7 Å². The minimum absolute atomic E-state index is 0.220. The number of benzene rings is 1. The van der Waals surface area contributed by atoms with Crippen molar-refractivity contribution < 1.29 is 9.21 Å². The van der Waals surface area contributed by atoms with Gasteiger partial charge in [0.25, 0.3) is 5.91 Å². The number of hydrogen-bond acceptors (Lipinski definition) is 4. The van der Waals surface area contributed by atoms with Gasteiger partial charge in [0.05, 0.1) is 16.6 Å². The Bertz CT molecular complexity index is 744. The molecule has 0 bridgehead atoms. The molecule has 2 aromatic rings. The van der Waals surface area contributed by atoms with Crippen LogP contribution >= 0.6 is 23.2 Å². The second-order valence-corrected chi connectivity index (χ2v) is 7.73. The summed E-state index contributed by atoms with van der Waals surface area (Å²) in [5.74, 6) is 0.651. The Morgan fingerprint density at radius 2 is 1.96 bits per heavy atom. The Hall–Kier alpha value is -1.56. The summed E-state index contributed by atoms with van der Waals surface area (Å²) in [7, 11) is 0. The molecule has 26 heavy (non-hydrogen) atoms. The normalized spacial score (nSPS) is 11.6. The van der Waals surface area contributed by atoms with Gasteiger partial charge in [0, 0.05) is 19.1 Å². The van der Waals surface area contributed by atoms with Crippen LogP contribution in [0.4, 0.5) is 0 Å². The van der Waals surface area contributed by atoms with Crippen LogP contribution in [0.15, 0.2) is 28.9 Å². The van der Waals surface area contributed by atoms with E-state index in [1.165, 1.54) is 6.26 Å². The number of rotatable bonds is 8. The largest absolute Gasteiger partial charge is 0.447 e. The van der Waals surface area contributed by atoms with Gasteiger partial charge in [-0.1, -0.05) is 49.2 Å². The predicted octanol–water partition coefficient (Wildman–Crippen LogP) is 4.78. The highest BCUT2D eigenvalue weighted by Crippen LogP contribution is 2.27. The van der Waals surface area contributed by atoms with Crippen LogP contribution in [0.3, 0.4) is 0 Å². The maximum Gasteiger partial charge on any atom is 0.273 e. The Labute approximate surface area is 164 Å². The fraction of sp³-hybridized carbons (Fsp3) is 0.474. The molecule has 1 amide bonds. The first kappa shape index (κ1) is 20.7. The Morgan fingerprint density at radius 3 is 2.62 bits per heavy atom. The Morgan fingerprint density at radius 1 is 1.23 bits per heavy atom. The third kappa shape index (κ3) is 5.73. The first-order valence-electron chi connectivity index (χ1n) is 8.67. The summed E-state index contributed by atoms with van der Waals surface area (Å²) in [6, 6.07) is 5.83. The summed E-state index contributed by atoms with van der Waals surface area (Å²) in [6.45, 7) is 9.92. The summed E-state index contributed by atoms with van der Waals surface area (Å²) in [5, 5.41) is 3.93.